The predicted octanol–water partition coefficient (Wildman–Crippen LogP) is 7.77. The number of carbonyl (C=O) groups is 8. The number of nitrogens with zero attached hydrogens (tertiary/aromatic N) is 16. The summed E-state index contributed by atoms with van der Waals surface area (Å²) in [6.45, 7) is 47.1. The van der Waals surface area contributed by atoms with E-state index in [4.69, 9.17) is 38.9 Å². The third-order valence-electron chi connectivity index (χ3n) is 21.4. The van der Waals surface area contributed by atoms with Gasteiger partial charge in [-0.2, -0.15) is 19.9 Å². The molecule has 4 aliphatic heterocycles. The Morgan fingerprint density at radius 2 is 0.587 bits per heavy atom. The highest BCUT2D eigenvalue weighted by molar-refractivity contribution is 5.99. The largest absolute Gasteiger partial charge is 0.461 e. The van der Waals surface area contributed by atoms with Crippen LogP contribution in [0.4, 0.5) is 11.9 Å². The molecule has 28 heteroatoms. The standard InChI is InChI=1S/C76H118N16O12/c1-21-55(93)89-69(5,6)49-83(59(97)73(89,13)14)41-45-101-65-77-63(78-66(81-65)102-46-42-84-50-70(7,8)90(56(94)22-2)74(15,16)60(84)98)87(53-35-29-27-30-36-53)39-33-25-26-34-40-88(54-37-31-28-32-38-54)64-79-67(103-47-43-85-51-71(9,10)91(57(95)23-3)75(17,18)61(85)99)82-68(80-64)104-48-44-86-52-72(11,12)92(58(96)24-4)76(19,20)62(86)100/h21-24,53-54H,1-4,25-52H2,5-20H3. The number of hydrogen-bond acceptors (Lipinski definition) is 20. The molecule has 8 rings (SSSR count). The van der Waals surface area contributed by atoms with Crippen molar-refractivity contribution in [2.45, 2.75) is 257 Å². The van der Waals surface area contributed by atoms with Crippen LogP contribution in [0.15, 0.2) is 50.6 Å². The van der Waals surface area contributed by atoms with Crippen LogP contribution in [0, 0.1) is 0 Å². The molecule has 0 unspecified atom stereocenters. The van der Waals surface area contributed by atoms with Gasteiger partial charge in [0.25, 0.3) is 0 Å². The molecule has 6 fully saturated rings. The van der Waals surface area contributed by atoms with Crippen molar-refractivity contribution in [3.63, 3.8) is 0 Å². The molecule has 8 amide bonds. The minimum absolute atomic E-state index is 0.00942. The first kappa shape index (κ1) is 81.2. The Balaban J connectivity index is 1.01. The van der Waals surface area contributed by atoms with E-state index in [1.54, 1.807) is 94.6 Å². The molecule has 0 N–H and O–H groups in total. The summed E-state index contributed by atoms with van der Waals surface area (Å²) in [7, 11) is 0. The van der Waals surface area contributed by atoms with Gasteiger partial charge in [-0.15, -0.1) is 9.97 Å². The first-order valence-corrected chi connectivity index (χ1v) is 37.3. The average molecular weight is 1450 g/mol. The molecule has 2 aromatic heterocycles. The van der Waals surface area contributed by atoms with E-state index in [-0.39, 0.29) is 162 Å². The van der Waals surface area contributed by atoms with Gasteiger partial charge in [0.05, 0.1) is 48.3 Å². The highest BCUT2D eigenvalue weighted by Gasteiger charge is 2.56. The zero-order valence-electron chi connectivity index (χ0n) is 65.1. The number of anilines is 2. The summed E-state index contributed by atoms with van der Waals surface area (Å²) in [5.41, 5.74) is -7.54. The molecular weight excluding hydrogens is 1330 g/mol. The van der Waals surface area contributed by atoms with Gasteiger partial charge in [0.15, 0.2) is 0 Å². The van der Waals surface area contributed by atoms with Crippen LogP contribution in [0.2, 0.25) is 0 Å². The summed E-state index contributed by atoms with van der Waals surface area (Å²) in [6.07, 6.45) is 18.3. The normalized spacial score (nSPS) is 21.3. The van der Waals surface area contributed by atoms with Gasteiger partial charge < -0.3 is 67.9 Å². The zero-order valence-corrected chi connectivity index (χ0v) is 65.1. The molecule has 0 atom stereocenters. The topological polar surface area (TPSA) is 283 Å². The lowest BCUT2D eigenvalue weighted by Crippen LogP contribution is -2.72. The Labute approximate surface area is 616 Å². The fraction of sp³-hybridized carbons (Fsp3) is 0.711. The lowest BCUT2D eigenvalue weighted by atomic mass is 9.86. The second-order valence-corrected chi connectivity index (χ2v) is 33.1. The number of unbranched alkanes of at least 4 members (excludes halogenated alkanes) is 3. The van der Waals surface area contributed by atoms with E-state index in [0.717, 1.165) is 89.9 Å². The second-order valence-electron chi connectivity index (χ2n) is 33.1. The minimum atomic E-state index is -1.16. The molecular formula is C76H118N16O12. The van der Waals surface area contributed by atoms with Crippen LogP contribution < -0.4 is 28.7 Å². The summed E-state index contributed by atoms with van der Waals surface area (Å²) < 4.78 is 25.6. The summed E-state index contributed by atoms with van der Waals surface area (Å²) in [5.74, 6) is -1.49. The van der Waals surface area contributed by atoms with E-state index in [9.17, 15) is 38.4 Å². The van der Waals surface area contributed by atoms with E-state index in [2.05, 4.69) is 46.1 Å². The van der Waals surface area contributed by atoms with Crippen molar-refractivity contribution in [3.05, 3.63) is 50.6 Å². The lowest BCUT2D eigenvalue weighted by molar-refractivity contribution is -0.168. The number of piperazine rings is 4. The number of amides is 8. The Morgan fingerprint density at radius 1 is 0.365 bits per heavy atom. The first-order chi connectivity index (χ1) is 48.7. The molecule has 2 aliphatic carbocycles. The van der Waals surface area contributed by atoms with Crippen molar-refractivity contribution in [1.29, 1.82) is 0 Å². The number of aromatic nitrogens is 6. The van der Waals surface area contributed by atoms with Gasteiger partial charge in [-0.1, -0.05) is 77.7 Å². The summed E-state index contributed by atoms with van der Waals surface area (Å²) in [4.78, 5) is 156. The molecule has 574 valence electrons. The third kappa shape index (κ3) is 17.7. The molecule has 0 spiro atoms. The zero-order chi connectivity index (χ0) is 76.7. The van der Waals surface area contributed by atoms with Gasteiger partial charge in [0.2, 0.25) is 59.2 Å². The van der Waals surface area contributed by atoms with Crippen LogP contribution in [0.25, 0.3) is 0 Å². The van der Waals surface area contributed by atoms with Gasteiger partial charge >= 0.3 is 24.0 Å². The van der Waals surface area contributed by atoms with E-state index >= 15 is 0 Å². The fourth-order valence-electron chi connectivity index (χ4n) is 17.5. The molecule has 6 aliphatic rings. The van der Waals surface area contributed by atoms with Crippen molar-refractivity contribution in [2.75, 3.05) is 102 Å². The maximum atomic E-state index is 14.1. The van der Waals surface area contributed by atoms with E-state index in [1.807, 2.05) is 55.4 Å². The lowest BCUT2D eigenvalue weighted by Gasteiger charge is -2.54. The third-order valence-corrected chi connectivity index (χ3v) is 21.4. The molecule has 2 saturated carbocycles. The van der Waals surface area contributed by atoms with Crippen LogP contribution in [-0.2, 0) is 38.4 Å². The van der Waals surface area contributed by atoms with Crippen molar-refractivity contribution >= 4 is 59.2 Å². The van der Waals surface area contributed by atoms with Gasteiger partial charge in [0, 0.05) is 51.4 Å². The predicted molar refractivity (Wildman–Crippen MR) is 396 cm³/mol. The molecule has 6 heterocycles. The SMILES string of the molecule is C=CC(=O)N1C(C)(C)CN(CCOc2nc(OCCN3CC(C)(C)N(C(=O)C=C)C(C)(C)C3=O)nc(N(CCCCCCN(c3nc(OCCN4CC(C)(C)N(C(=O)C=C)C(C)(C)C4=O)nc(OCCN4CC(C)(C)N(C(=O)C=C)C(C)(C)C4=O)n3)C3CCCCC3)C3CCCCC3)n2)C(=O)C1(C)C. The molecule has 4 saturated heterocycles. The van der Waals surface area contributed by atoms with Crippen molar-refractivity contribution in [3.8, 4) is 24.0 Å². The Bertz CT molecular complexity index is 3110. The van der Waals surface area contributed by atoms with Gasteiger partial charge in [0.1, 0.15) is 48.6 Å². The molecule has 0 bridgehead atoms. The smallest absolute Gasteiger partial charge is 0.324 e. The first-order valence-electron chi connectivity index (χ1n) is 37.3. The molecule has 28 nitrogen and oxygen atoms in total. The average Bonchev–Trinajstić information content (AvgIpc) is 0.763. The summed E-state index contributed by atoms with van der Waals surface area (Å²) in [6, 6.07) is 0.248. The van der Waals surface area contributed by atoms with Crippen molar-refractivity contribution in [1.82, 2.24) is 69.1 Å². The minimum Gasteiger partial charge on any atom is -0.461 e. The van der Waals surface area contributed by atoms with Crippen LogP contribution in [0.5, 0.6) is 24.0 Å². The van der Waals surface area contributed by atoms with Crippen molar-refractivity contribution in [2.24, 2.45) is 0 Å². The Kier molecular flexibility index (Phi) is 25.4. The molecule has 0 radical (unpaired) electrons. The number of carbonyl (C=O) groups excluding carboxylic acids is 8. The maximum absolute atomic E-state index is 14.1. The van der Waals surface area contributed by atoms with E-state index in [1.165, 1.54) is 24.3 Å². The quantitative estimate of drug-likeness (QED) is 0.0514. The molecule has 0 aromatic carbocycles. The van der Waals surface area contributed by atoms with Gasteiger partial charge in [-0.05, 0) is 174 Å². The van der Waals surface area contributed by atoms with Crippen LogP contribution >= 0.6 is 0 Å². The second kappa shape index (κ2) is 32.5. The van der Waals surface area contributed by atoms with Gasteiger partial charge in [-0.3, -0.25) is 38.4 Å². The Hall–Kier alpha value is -8.46. The summed E-state index contributed by atoms with van der Waals surface area (Å²) in [5, 5.41) is 0. The molecule has 2 aromatic rings. The maximum Gasteiger partial charge on any atom is 0.324 e. The summed E-state index contributed by atoms with van der Waals surface area (Å²) >= 11 is 0. The highest BCUT2D eigenvalue weighted by Crippen LogP contribution is 2.39. The van der Waals surface area contributed by atoms with Crippen LogP contribution in [0.3, 0.4) is 0 Å². The van der Waals surface area contributed by atoms with E-state index < -0.39 is 44.3 Å². The van der Waals surface area contributed by atoms with E-state index in [0.29, 0.717) is 25.0 Å². The van der Waals surface area contributed by atoms with Crippen molar-refractivity contribution < 1.29 is 57.3 Å². The number of rotatable bonds is 31. The Morgan fingerprint density at radius 3 is 0.798 bits per heavy atom. The van der Waals surface area contributed by atoms with Crippen LogP contribution in [0.1, 0.15) is 201 Å². The van der Waals surface area contributed by atoms with Gasteiger partial charge in [-0.25, -0.2) is 0 Å². The van der Waals surface area contributed by atoms with Crippen LogP contribution in [-0.4, -0.2) is 265 Å². The fourth-order valence-corrected chi connectivity index (χ4v) is 17.5. The monoisotopic (exact) mass is 1450 g/mol. The number of hydrogen-bond donors (Lipinski definition) is 0. The molecule has 104 heavy (non-hydrogen) atoms. The number of ether oxygens (including phenoxy) is 4. The highest BCUT2D eigenvalue weighted by atomic mass is 16.5.